The van der Waals surface area contributed by atoms with Gasteiger partial charge in [0, 0.05) is 192 Å². The molecule has 18 rings (SSSR count). The Balaban J connectivity index is 0.000000147. The molecule has 4 amide bonds. The number of benzene rings is 8. The number of aromatic nitrogens is 12. The molecule has 0 radical (unpaired) electrons. The zero-order chi connectivity index (χ0) is 104. The molecule has 0 atom stereocenters. The number of amides is 4. The highest BCUT2D eigenvalue weighted by Gasteiger charge is 2.39. The fourth-order valence-electron chi connectivity index (χ4n) is 16.2. The number of rotatable bonds is 32. The van der Waals surface area contributed by atoms with E-state index in [1.807, 2.05) is 173 Å². The first kappa shape index (κ1) is 104. The van der Waals surface area contributed by atoms with Crippen LogP contribution in [0.3, 0.4) is 0 Å². The molecule has 0 bridgehead atoms. The number of carbonyl (C=O) groups is 8. The number of allylic oxidation sites excluding steroid dienone is 1. The third kappa shape index (κ3) is 27.3. The lowest BCUT2D eigenvalue weighted by Gasteiger charge is -2.15. The van der Waals surface area contributed by atoms with Crippen LogP contribution < -0.4 is 9.80 Å². The van der Waals surface area contributed by atoms with Crippen molar-refractivity contribution in [3.8, 4) is 45.0 Å². The van der Waals surface area contributed by atoms with Gasteiger partial charge in [-0.2, -0.15) is 0 Å². The average Bonchev–Trinajstić information content (AvgIpc) is 1.64. The number of hydrogen-bond acceptors (Lipinski definition) is 24. The maximum absolute atomic E-state index is 13.0. The zero-order valence-corrected chi connectivity index (χ0v) is 84.4. The lowest BCUT2D eigenvalue weighted by Crippen LogP contribution is -2.31. The van der Waals surface area contributed by atoms with Gasteiger partial charge in [0.1, 0.15) is 33.4 Å². The van der Waals surface area contributed by atoms with Gasteiger partial charge in [0.15, 0.2) is 42.8 Å². The molecule has 0 spiro atoms. The third-order valence-corrected chi connectivity index (χ3v) is 28.0. The number of anilines is 2. The van der Waals surface area contributed by atoms with Crippen molar-refractivity contribution >= 4 is 101 Å². The standard InChI is InChI=1S/C31H26N4O3.C29H20Cl2N4O3.C29H27N3O3S.C28H25N3O3S/c1-19-6-7-22(15-25(19)17-29-33-14-12-27(34-29)24-5-4-13-32-18-24)16-28(36)23-8-10-26(11-9-23)35-30(37)20(2)21(3)31(35)38;1-17-4-5-18(13-21(17)15-25-33-12-10-23(34-25)20-3-2-11-32-16-20)14-24(36)19-6-8-22(9-7-19)35-28(37)26(30)27(31)29(35)38;1-3-15-36(34,35)20-22-8-10-24(11-9-22)28(33)17-23-7-6-21(2)26(16-23)18-29-31-14-12-27(32-29)25-5-4-13-30-19-25;1-3-35(33,34)19-21-8-10-23(11-9-21)27(32)16-22-7-6-20(2)25(15-22)17-28-30-14-12-26(31-28)24-5-4-13-29-18-24/h4-15,18H,16-17H2,1-3H3;2-13,16H,14-15H2,1H3;3-16,19H,17-18,20H2,1-2H3;3-15,18H,1,16-17,19H2,2H3/b;;15-3+;. The first-order valence-electron chi connectivity index (χ1n) is 46.7. The van der Waals surface area contributed by atoms with Crippen molar-refractivity contribution in [2.24, 2.45) is 0 Å². The van der Waals surface area contributed by atoms with Crippen LogP contribution >= 0.6 is 23.2 Å². The van der Waals surface area contributed by atoms with E-state index in [4.69, 9.17) is 38.2 Å². The van der Waals surface area contributed by atoms with Crippen LogP contribution in [0.4, 0.5) is 11.4 Å². The summed E-state index contributed by atoms with van der Waals surface area (Å²) in [6, 6.07) is 72.9. The number of carbonyl (C=O) groups excluding carboxylic acids is 8. The topological polar surface area (TPSA) is 366 Å². The molecule has 147 heavy (non-hydrogen) atoms. The molecule has 8 aromatic heterocycles. The zero-order valence-electron chi connectivity index (χ0n) is 81.3. The van der Waals surface area contributed by atoms with Crippen LogP contribution in [0.2, 0.25) is 0 Å². The second-order valence-corrected chi connectivity index (χ2v) is 39.6. The van der Waals surface area contributed by atoms with Crippen molar-refractivity contribution in [2.45, 2.75) is 111 Å². The van der Waals surface area contributed by atoms with Crippen LogP contribution in [-0.2, 0) is 102 Å². The van der Waals surface area contributed by atoms with E-state index in [1.165, 1.54) is 23.6 Å². The van der Waals surface area contributed by atoms with Crippen LogP contribution in [0.1, 0.15) is 163 Å². The molecule has 734 valence electrons. The molecule has 0 aliphatic carbocycles. The Hall–Kier alpha value is -16.9. The highest BCUT2D eigenvalue weighted by Crippen LogP contribution is 2.34. The number of Topliss-reactive ketones (excluding diaryl/α,β-unsaturated/α-hetero) is 4. The number of pyridine rings is 4. The summed E-state index contributed by atoms with van der Waals surface area (Å²) in [7, 11) is -6.64. The maximum atomic E-state index is 13.0. The number of aryl methyl sites for hydroxylation is 4. The van der Waals surface area contributed by atoms with Crippen LogP contribution in [0.25, 0.3) is 45.0 Å². The lowest BCUT2D eigenvalue weighted by molar-refractivity contribution is -0.122. The largest absolute Gasteiger partial charge is 0.294 e. The van der Waals surface area contributed by atoms with E-state index in [9.17, 15) is 55.2 Å². The molecule has 0 fully saturated rings. The minimum atomic E-state index is -3.34. The quantitative estimate of drug-likeness (QED) is 0.0279. The third-order valence-electron chi connectivity index (χ3n) is 24.5. The molecular weight excluding hydrogens is 1930 g/mol. The normalized spacial score (nSPS) is 12.4. The second-order valence-electron chi connectivity index (χ2n) is 35.1. The van der Waals surface area contributed by atoms with Gasteiger partial charge in [-0.05, 0) is 248 Å². The predicted octanol–water partition coefficient (Wildman–Crippen LogP) is 20.7. The highest BCUT2D eigenvalue weighted by atomic mass is 35.5. The van der Waals surface area contributed by atoms with E-state index in [0.29, 0.717) is 99.2 Å². The number of sulfone groups is 2. The van der Waals surface area contributed by atoms with Gasteiger partial charge >= 0.3 is 0 Å². The molecule has 26 nitrogen and oxygen atoms in total. The Morgan fingerprint density at radius 1 is 0.320 bits per heavy atom. The Morgan fingerprint density at radius 2 is 0.571 bits per heavy atom. The van der Waals surface area contributed by atoms with Crippen LogP contribution in [0, 0.1) is 27.7 Å². The van der Waals surface area contributed by atoms with Crippen LogP contribution in [-0.4, -0.2) is 123 Å². The minimum Gasteiger partial charge on any atom is -0.294 e. The van der Waals surface area contributed by atoms with Crippen LogP contribution in [0.5, 0.6) is 0 Å². The van der Waals surface area contributed by atoms with E-state index in [-0.39, 0.29) is 87.9 Å². The number of ketones is 4. The summed E-state index contributed by atoms with van der Waals surface area (Å²) in [5, 5.41) is 1.50. The summed E-state index contributed by atoms with van der Waals surface area (Å²) < 4.78 is 47.4. The molecule has 30 heteroatoms. The predicted molar refractivity (Wildman–Crippen MR) is 567 cm³/mol. The van der Waals surface area contributed by atoms with Crippen molar-refractivity contribution in [3.05, 3.63) is 485 Å². The van der Waals surface area contributed by atoms with Crippen molar-refractivity contribution in [1.29, 1.82) is 0 Å². The fraction of sp³-hybridized carbons (Fsp3) is 0.145. The first-order chi connectivity index (χ1) is 70.8. The Morgan fingerprint density at radius 3 is 0.823 bits per heavy atom. The van der Waals surface area contributed by atoms with Gasteiger partial charge in [0.05, 0.1) is 45.7 Å². The Kier molecular flexibility index (Phi) is 34.1. The van der Waals surface area contributed by atoms with E-state index < -0.39 is 31.5 Å². The summed E-state index contributed by atoms with van der Waals surface area (Å²) in [4.78, 5) is 156. The number of halogens is 2. The summed E-state index contributed by atoms with van der Waals surface area (Å²) in [5.41, 5.74) is 24.1. The van der Waals surface area contributed by atoms with Gasteiger partial charge in [0.2, 0.25) is 0 Å². The molecular formula is C117H98Cl2N14O12S2. The Labute approximate surface area is 861 Å². The summed E-state index contributed by atoms with van der Waals surface area (Å²) in [6.45, 7) is 16.4. The van der Waals surface area contributed by atoms with Crippen molar-refractivity contribution in [2.75, 3.05) is 9.80 Å². The van der Waals surface area contributed by atoms with Crippen molar-refractivity contribution in [1.82, 2.24) is 59.8 Å². The molecule has 0 N–H and O–H groups in total. The molecule has 2 aliphatic heterocycles. The average molecular weight is 2030 g/mol. The second kappa shape index (κ2) is 48.0. The summed E-state index contributed by atoms with van der Waals surface area (Å²) in [5.74, 6) is 0.305. The van der Waals surface area contributed by atoms with Crippen molar-refractivity contribution in [3.63, 3.8) is 0 Å². The van der Waals surface area contributed by atoms with Gasteiger partial charge in [-0.1, -0.05) is 157 Å². The molecule has 0 unspecified atom stereocenters. The van der Waals surface area contributed by atoms with Gasteiger partial charge in [0.25, 0.3) is 23.6 Å². The van der Waals surface area contributed by atoms with Gasteiger partial charge in [-0.15, -0.1) is 0 Å². The highest BCUT2D eigenvalue weighted by molar-refractivity contribution is 7.93. The summed E-state index contributed by atoms with van der Waals surface area (Å²) in [6.07, 6.45) is 25.5. The lowest BCUT2D eigenvalue weighted by atomic mass is 9.97. The van der Waals surface area contributed by atoms with Gasteiger partial charge in [-0.25, -0.2) is 66.5 Å². The first-order valence-corrected chi connectivity index (χ1v) is 50.9. The fourth-order valence-corrected chi connectivity index (χ4v) is 18.5. The van der Waals surface area contributed by atoms with E-state index in [0.717, 1.165) is 127 Å². The molecule has 0 saturated carbocycles. The van der Waals surface area contributed by atoms with E-state index in [1.54, 1.807) is 180 Å². The van der Waals surface area contributed by atoms with E-state index in [2.05, 4.69) is 51.4 Å². The molecule has 16 aromatic rings. The van der Waals surface area contributed by atoms with Crippen molar-refractivity contribution < 1.29 is 55.2 Å². The molecule has 0 saturated heterocycles. The minimum absolute atomic E-state index is 0.0255. The SMILES string of the molecule is C/C=C/S(=O)(=O)Cc1ccc(C(=O)Cc2ccc(C)c(Cc3nccc(-c4cccnc4)n3)c2)cc1.C=CS(=O)(=O)Cc1ccc(C(=O)Cc2ccc(C)c(Cc3nccc(-c4cccnc4)n3)c2)cc1.CC1=C(C)C(=O)N(c2ccc(C(=O)Cc3ccc(C)c(Cc4nccc(-c5cccnc5)n4)c3)cc2)C1=O.Cc1ccc(CC(=O)c2ccc(N3C(=O)C(Cl)=C(Cl)C3=O)cc2)cc1Cc1nccc(-c2cccnc2)n1. The van der Waals surface area contributed by atoms with Gasteiger partial charge in [-0.3, -0.25) is 58.3 Å². The number of imide groups is 2. The monoisotopic (exact) mass is 2020 g/mol. The molecule has 2 aliphatic rings. The Bertz CT molecular complexity index is 7760. The van der Waals surface area contributed by atoms with E-state index >= 15 is 0 Å². The molecule has 8 aromatic carbocycles. The number of nitrogens with zero attached hydrogens (tertiary/aromatic N) is 14. The molecule has 10 heterocycles. The smallest absolute Gasteiger partial charge is 0.278 e. The van der Waals surface area contributed by atoms with Gasteiger partial charge < -0.3 is 0 Å². The number of hydrogen-bond donors (Lipinski definition) is 0. The summed E-state index contributed by atoms with van der Waals surface area (Å²) >= 11 is 11.6. The van der Waals surface area contributed by atoms with Crippen LogP contribution in [0.15, 0.2) is 362 Å². The maximum Gasteiger partial charge on any atom is 0.278 e.